The number of rotatable bonds is 2. The number of carbonyl (C=O) groups excluding carboxylic acids is 2. The SMILES string of the molecule is O=C(NNC(=O)c1ccc2ccccc2n1)c1ccsc1. The minimum atomic E-state index is -0.454. The summed E-state index contributed by atoms with van der Waals surface area (Å²) in [6.45, 7) is 0. The normalized spacial score (nSPS) is 10.3. The number of benzene rings is 1. The average Bonchev–Trinajstić information content (AvgIpc) is 3.06. The van der Waals surface area contributed by atoms with Crippen molar-refractivity contribution in [3.8, 4) is 0 Å². The molecule has 2 amide bonds. The average molecular weight is 297 g/mol. The quantitative estimate of drug-likeness (QED) is 0.713. The zero-order valence-corrected chi connectivity index (χ0v) is 11.7. The Labute approximate surface area is 124 Å². The van der Waals surface area contributed by atoms with Crippen molar-refractivity contribution >= 4 is 34.1 Å². The molecule has 0 aliphatic rings. The highest BCUT2D eigenvalue weighted by Gasteiger charge is 2.10. The van der Waals surface area contributed by atoms with Crippen LogP contribution in [-0.2, 0) is 0 Å². The molecule has 2 aromatic heterocycles. The molecule has 3 aromatic rings. The molecule has 0 bridgehead atoms. The van der Waals surface area contributed by atoms with Crippen LogP contribution < -0.4 is 10.9 Å². The molecule has 21 heavy (non-hydrogen) atoms. The molecule has 6 heteroatoms. The number of nitrogens with one attached hydrogen (secondary N) is 2. The summed E-state index contributed by atoms with van der Waals surface area (Å²) in [7, 11) is 0. The second-order valence-corrected chi connectivity index (χ2v) is 5.09. The first-order valence-corrected chi connectivity index (χ1v) is 7.17. The Morgan fingerprint density at radius 2 is 1.76 bits per heavy atom. The molecule has 3 rings (SSSR count). The van der Waals surface area contributed by atoms with Gasteiger partial charge in [-0.3, -0.25) is 20.4 Å². The number of aromatic nitrogens is 1. The van der Waals surface area contributed by atoms with E-state index in [4.69, 9.17) is 0 Å². The first-order chi connectivity index (χ1) is 10.2. The predicted octanol–water partition coefficient (Wildman–Crippen LogP) is 2.37. The Morgan fingerprint density at radius 3 is 2.57 bits per heavy atom. The van der Waals surface area contributed by atoms with Crippen LogP contribution in [-0.4, -0.2) is 16.8 Å². The molecule has 0 saturated heterocycles. The maximum absolute atomic E-state index is 12.0. The third-order valence-corrected chi connectivity index (χ3v) is 3.59. The van der Waals surface area contributed by atoms with Gasteiger partial charge in [0, 0.05) is 10.8 Å². The van der Waals surface area contributed by atoms with E-state index in [1.54, 1.807) is 22.9 Å². The van der Waals surface area contributed by atoms with Crippen molar-refractivity contribution in [2.24, 2.45) is 0 Å². The van der Waals surface area contributed by atoms with Gasteiger partial charge in [-0.25, -0.2) is 4.98 Å². The molecule has 0 unspecified atom stereocenters. The Morgan fingerprint density at radius 1 is 0.952 bits per heavy atom. The summed E-state index contributed by atoms with van der Waals surface area (Å²) >= 11 is 1.41. The van der Waals surface area contributed by atoms with Gasteiger partial charge in [0.2, 0.25) is 0 Å². The third kappa shape index (κ3) is 2.90. The lowest BCUT2D eigenvalue weighted by molar-refractivity contribution is 0.0844. The summed E-state index contributed by atoms with van der Waals surface area (Å²) in [4.78, 5) is 27.9. The molecule has 0 fully saturated rings. The lowest BCUT2D eigenvalue weighted by atomic mass is 10.2. The van der Waals surface area contributed by atoms with Gasteiger partial charge in [0.15, 0.2) is 0 Å². The number of para-hydroxylation sites is 1. The fourth-order valence-corrected chi connectivity index (χ4v) is 2.47. The van der Waals surface area contributed by atoms with Crippen LogP contribution in [0.2, 0.25) is 0 Å². The highest BCUT2D eigenvalue weighted by atomic mass is 32.1. The Bertz CT molecular complexity index is 800. The molecule has 1 aromatic carbocycles. The molecular formula is C15H11N3O2S. The fourth-order valence-electron chi connectivity index (χ4n) is 1.84. The molecule has 5 nitrogen and oxygen atoms in total. The maximum Gasteiger partial charge on any atom is 0.288 e. The minimum absolute atomic E-state index is 0.249. The van der Waals surface area contributed by atoms with Crippen LogP contribution in [0, 0.1) is 0 Å². The molecule has 0 spiro atoms. The van der Waals surface area contributed by atoms with Gasteiger partial charge >= 0.3 is 0 Å². The monoisotopic (exact) mass is 297 g/mol. The van der Waals surface area contributed by atoms with Crippen LogP contribution in [0.25, 0.3) is 10.9 Å². The summed E-state index contributed by atoms with van der Waals surface area (Å²) in [5, 5.41) is 4.45. The number of hydrazine groups is 1. The van der Waals surface area contributed by atoms with Gasteiger partial charge in [0.25, 0.3) is 11.8 Å². The van der Waals surface area contributed by atoms with Crippen LogP contribution in [0.3, 0.4) is 0 Å². The molecule has 0 aliphatic heterocycles. The van der Waals surface area contributed by atoms with Crippen LogP contribution >= 0.6 is 11.3 Å². The number of hydrogen-bond donors (Lipinski definition) is 2. The van der Waals surface area contributed by atoms with Crippen LogP contribution in [0.1, 0.15) is 20.8 Å². The molecule has 0 radical (unpaired) electrons. The summed E-state index contributed by atoms with van der Waals surface area (Å²) in [5.74, 6) is -0.810. The van der Waals surface area contributed by atoms with E-state index in [0.717, 1.165) is 10.9 Å². The van der Waals surface area contributed by atoms with Crippen LogP contribution in [0.15, 0.2) is 53.2 Å². The van der Waals surface area contributed by atoms with Crippen molar-refractivity contribution in [1.29, 1.82) is 0 Å². The summed E-state index contributed by atoms with van der Waals surface area (Å²) in [6.07, 6.45) is 0. The number of thiophene rings is 1. The van der Waals surface area contributed by atoms with Crippen molar-refractivity contribution in [1.82, 2.24) is 15.8 Å². The van der Waals surface area contributed by atoms with Crippen molar-refractivity contribution in [2.75, 3.05) is 0 Å². The molecule has 2 heterocycles. The molecular weight excluding hydrogens is 286 g/mol. The van der Waals surface area contributed by atoms with Crippen LogP contribution in [0.4, 0.5) is 0 Å². The summed E-state index contributed by atoms with van der Waals surface area (Å²) in [6, 6.07) is 12.6. The van der Waals surface area contributed by atoms with Gasteiger partial charge in [-0.1, -0.05) is 24.3 Å². The van der Waals surface area contributed by atoms with E-state index in [1.807, 2.05) is 30.3 Å². The minimum Gasteiger partial charge on any atom is -0.267 e. The zero-order valence-electron chi connectivity index (χ0n) is 10.9. The number of fused-ring (bicyclic) bond motifs is 1. The van der Waals surface area contributed by atoms with Crippen LogP contribution in [0.5, 0.6) is 0 Å². The van der Waals surface area contributed by atoms with E-state index in [-0.39, 0.29) is 11.6 Å². The number of amides is 2. The predicted molar refractivity (Wildman–Crippen MR) is 81.0 cm³/mol. The van der Waals surface area contributed by atoms with E-state index in [2.05, 4.69) is 15.8 Å². The van der Waals surface area contributed by atoms with Gasteiger partial charge in [-0.05, 0) is 23.6 Å². The molecule has 0 saturated carbocycles. The second-order valence-electron chi connectivity index (χ2n) is 4.31. The molecule has 2 N–H and O–H groups in total. The summed E-state index contributed by atoms with van der Waals surface area (Å²) < 4.78 is 0. The maximum atomic E-state index is 12.0. The van der Waals surface area contributed by atoms with E-state index in [0.29, 0.717) is 5.56 Å². The molecule has 104 valence electrons. The summed E-state index contributed by atoms with van der Waals surface area (Å²) in [5.41, 5.74) is 6.20. The number of carbonyl (C=O) groups is 2. The fraction of sp³-hybridized carbons (Fsp3) is 0. The first-order valence-electron chi connectivity index (χ1n) is 6.23. The third-order valence-electron chi connectivity index (χ3n) is 2.90. The van der Waals surface area contributed by atoms with Gasteiger partial charge < -0.3 is 0 Å². The highest BCUT2D eigenvalue weighted by molar-refractivity contribution is 7.08. The standard InChI is InChI=1S/C15H11N3O2S/c19-14(11-7-8-21-9-11)17-18-15(20)13-6-5-10-3-1-2-4-12(10)16-13/h1-9H,(H,17,19)(H,18,20). The second kappa shape index (κ2) is 5.72. The van der Waals surface area contributed by atoms with E-state index in [1.165, 1.54) is 11.3 Å². The van der Waals surface area contributed by atoms with E-state index in [9.17, 15) is 9.59 Å². The van der Waals surface area contributed by atoms with Gasteiger partial charge in [-0.2, -0.15) is 11.3 Å². The largest absolute Gasteiger partial charge is 0.288 e. The lowest BCUT2D eigenvalue weighted by Gasteiger charge is -2.06. The van der Waals surface area contributed by atoms with E-state index < -0.39 is 5.91 Å². The first kappa shape index (κ1) is 13.3. The number of nitrogens with zero attached hydrogens (tertiary/aromatic N) is 1. The van der Waals surface area contributed by atoms with Crippen molar-refractivity contribution in [3.63, 3.8) is 0 Å². The number of hydrogen-bond acceptors (Lipinski definition) is 4. The lowest BCUT2D eigenvalue weighted by Crippen LogP contribution is -2.41. The zero-order chi connectivity index (χ0) is 14.7. The number of pyridine rings is 1. The topological polar surface area (TPSA) is 71.1 Å². The van der Waals surface area contributed by atoms with Gasteiger partial charge in [0.05, 0.1) is 11.1 Å². The van der Waals surface area contributed by atoms with Gasteiger partial charge in [0.1, 0.15) is 5.69 Å². The Balaban J connectivity index is 1.70. The van der Waals surface area contributed by atoms with Crippen molar-refractivity contribution in [2.45, 2.75) is 0 Å². The van der Waals surface area contributed by atoms with Crippen molar-refractivity contribution < 1.29 is 9.59 Å². The van der Waals surface area contributed by atoms with Crippen molar-refractivity contribution in [3.05, 3.63) is 64.5 Å². The Hall–Kier alpha value is -2.73. The van der Waals surface area contributed by atoms with E-state index >= 15 is 0 Å². The highest BCUT2D eigenvalue weighted by Crippen LogP contribution is 2.11. The van der Waals surface area contributed by atoms with Gasteiger partial charge in [-0.15, -0.1) is 0 Å². The molecule has 0 atom stereocenters. The smallest absolute Gasteiger partial charge is 0.267 e. The Kier molecular flexibility index (Phi) is 3.61. The molecule has 0 aliphatic carbocycles.